The molecule has 0 bridgehead atoms. The van der Waals surface area contributed by atoms with E-state index in [0.717, 1.165) is 18.0 Å². The Morgan fingerprint density at radius 2 is 1.62 bits per heavy atom. The van der Waals surface area contributed by atoms with Gasteiger partial charge in [-0.3, -0.25) is 4.90 Å². The lowest BCUT2D eigenvalue weighted by Gasteiger charge is -2.48. The summed E-state index contributed by atoms with van der Waals surface area (Å²) in [5.41, 5.74) is 0.742. The van der Waals surface area contributed by atoms with Crippen LogP contribution in [0.25, 0.3) is 0 Å². The molecular weight excluding hydrogens is 256 g/mol. The second kappa shape index (κ2) is 8.53. The van der Waals surface area contributed by atoms with Crippen molar-refractivity contribution >= 4 is 0 Å². The topological polar surface area (TPSA) is 15.3 Å². The van der Waals surface area contributed by atoms with Crippen LogP contribution in [-0.4, -0.2) is 36.6 Å². The Bertz CT molecular complexity index is 267. The summed E-state index contributed by atoms with van der Waals surface area (Å²) in [6, 6.07) is 1.45. The number of hydrogen-bond acceptors (Lipinski definition) is 2. The van der Waals surface area contributed by atoms with E-state index in [-0.39, 0.29) is 0 Å². The molecule has 1 saturated heterocycles. The lowest BCUT2D eigenvalue weighted by Crippen LogP contribution is -2.53. The first kappa shape index (κ1) is 17.3. The molecule has 2 nitrogen and oxygen atoms in total. The molecule has 0 aromatic heterocycles. The minimum atomic E-state index is 0.699. The monoisotopic (exact) mass is 294 g/mol. The third-order valence-corrected chi connectivity index (χ3v) is 6.19. The lowest BCUT2D eigenvalue weighted by molar-refractivity contribution is 0.0324. The average molecular weight is 295 g/mol. The fraction of sp³-hybridized carbons (Fsp3) is 1.00. The summed E-state index contributed by atoms with van der Waals surface area (Å²) in [6.45, 7) is 10.8. The zero-order valence-electron chi connectivity index (χ0n) is 14.8. The van der Waals surface area contributed by atoms with E-state index in [1.807, 2.05) is 0 Å². The Morgan fingerprint density at radius 1 is 0.952 bits per heavy atom. The standard InChI is InChI=1S/C19H38N2/c1-4-10-17(20-6-3)18(5-2)21-15-13-19(14-16-21)11-8-7-9-12-19/h17-18,20H,4-16H2,1-3H3. The van der Waals surface area contributed by atoms with Gasteiger partial charge in [0.2, 0.25) is 0 Å². The molecule has 2 atom stereocenters. The first-order chi connectivity index (χ1) is 10.2. The highest BCUT2D eigenvalue weighted by Gasteiger charge is 2.37. The maximum atomic E-state index is 3.76. The zero-order valence-corrected chi connectivity index (χ0v) is 14.8. The first-order valence-corrected chi connectivity index (χ1v) is 9.72. The van der Waals surface area contributed by atoms with Gasteiger partial charge in [-0.25, -0.2) is 0 Å². The summed E-state index contributed by atoms with van der Waals surface area (Å²) in [6.07, 6.45) is 14.4. The van der Waals surface area contributed by atoms with Crippen molar-refractivity contribution in [2.75, 3.05) is 19.6 Å². The molecule has 1 aliphatic carbocycles. The molecule has 2 heteroatoms. The molecule has 1 saturated carbocycles. The molecule has 2 unspecified atom stereocenters. The number of hydrogen-bond donors (Lipinski definition) is 1. The van der Waals surface area contributed by atoms with E-state index in [2.05, 4.69) is 31.0 Å². The predicted octanol–water partition coefficient (Wildman–Crippen LogP) is 4.59. The molecule has 124 valence electrons. The van der Waals surface area contributed by atoms with Gasteiger partial charge >= 0.3 is 0 Å². The highest BCUT2D eigenvalue weighted by atomic mass is 15.2. The van der Waals surface area contributed by atoms with E-state index in [9.17, 15) is 0 Å². The Morgan fingerprint density at radius 3 is 2.14 bits per heavy atom. The van der Waals surface area contributed by atoms with Crippen molar-refractivity contribution in [3.8, 4) is 0 Å². The van der Waals surface area contributed by atoms with Crippen LogP contribution in [0.1, 0.15) is 85.0 Å². The maximum Gasteiger partial charge on any atom is 0.0246 e. The summed E-state index contributed by atoms with van der Waals surface area (Å²) in [7, 11) is 0. The number of likely N-dealkylation sites (N-methyl/N-ethyl adjacent to an activating group) is 1. The average Bonchev–Trinajstić information content (AvgIpc) is 2.51. The molecule has 0 radical (unpaired) electrons. The molecule has 0 aromatic carbocycles. The van der Waals surface area contributed by atoms with E-state index in [1.54, 1.807) is 0 Å². The van der Waals surface area contributed by atoms with E-state index in [4.69, 9.17) is 0 Å². The number of likely N-dealkylation sites (tertiary alicyclic amines) is 1. The van der Waals surface area contributed by atoms with Gasteiger partial charge in [0.25, 0.3) is 0 Å². The maximum absolute atomic E-state index is 3.76. The smallest absolute Gasteiger partial charge is 0.0246 e. The third kappa shape index (κ3) is 4.45. The molecule has 1 spiro atoms. The van der Waals surface area contributed by atoms with E-state index in [0.29, 0.717) is 6.04 Å². The summed E-state index contributed by atoms with van der Waals surface area (Å²) >= 11 is 0. The van der Waals surface area contributed by atoms with Gasteiger partial charge in [0.05, 0.1) is 0 Å². The van der Waals surface area contributed by atoms with E-state index in [1.165, 1.54) is 77.3 Å². The molecular formula is C19H38N2. The summed E-state index contributed by atoms with van der Waals surface area (Å²) in [5, 5.41) is 3.76. The lowest BCUT2D eigenvalue weighted by atomic mass is 9.68. The molecule has 2 rings (SSSR count). The van der Waals surface area contributed by atoms with Gasteiger partial charge in [0, 0.05) is 12.1 Å². The Labute approximate surface area is 133 Å². The summed E-state index contributed by atoms with van der Waals surface area (Å²) < 4.78 is 0. The fourth-order valence-electron chi connectivity index (χ4n) is 4.93. The van der Waals surface area contributed by atoms with Crippen molar-refractivity contribution in [3.63, 3.8) is 0 Å². The second-order valence-corrected chi connectivity index (χ2v) is 7.53. The van der Waals surface area contributed by atoms with Gasteiger partial charge in [-0.1, -0.05) is 46.5 Å². The molecule has 21 heavy (non-hydrogen) atoms. The van der Waals surface area contributed by atoms with Crippen molar-refractivity contribution in [2.24, 2.45) is 5.41 Å². The zero-order chi connectivity index (χ0) is 15.1. The Hall–Kier alpha value is -0.0800. The van der Waals surface area contributed by atoms with Crippen LogP contribution in [0, 0.1) is 5.41 Å². The van der Waals surface area contributed by atoms with Gasteiger partial charge in [0.1, 0.15) is 0 Å². The third-order valence-electron chi connectivity index (χ3n) is 6.19. The SMILES string of the molecule is CCCC(NCC)C(CC)N1CCC2(CCCCC2)CC1. The van der Waals surface area contributed by atoms with E-state index >= 15 is 0 Å². The highest BCUT2D eigenvalue weighted by Crippen LogP contribution is 2.45. The van der Waals surface area contributed by atoms with E-state index < -0.39 is 0 Å². The van der Waals surface area contributed by atoms with Crippen molar-refractivity contribution < 1.29 is 0 Å². The first-order valence-electron chi connectivity index (χ1n) is 9.72. The number of rotatable bonds is 7. The van der Waals surface area contributed by atoms with Crippen molar-refractivity contribution in [3.05, 3.63) is 0 Å². The molecule has 1 N–H and O–H groups in total. The van der Waals surface area contributed by atoms with Crippen LogP contribution in [0.5, 0.6) is 0 Å². The van der Waals surface area contributed by atoms with Crippen molar-refractivity contribution in [2.45, 2.75) is 97.1 Å². The number of nitrogens with zero attached hydrogens (tertiary/aromatic N) is 1. The van der Waals surface area contributed by atoms with Gasteiger partial charge in [0.15, 0.2) is 0 Å². The van der Waals surface area contributed by atoms with Gasteiger partial charge in [-0.15, -0.1) is 0 Å². The normalized spacial score (nSPS) is 25.9. The van der Waals surface area contributed by atoms with Crippen LogP contribution >= 0.6 is 0 Å². The Kier molecular flexibility index (Phi) is 7.01. The molecule has 1 heterocycles. The molecule has 2 aliphatic rings. The van der Waals surface area contributed by atoms with Crippen LogP contribution in [0.3, 0.4) is 0 Å². The summed E-state index contributed by atoms with van der Waals surface area (Å²) in [5.74, 6) is 0. The number of nitrogens with one attached hydrogen (secondary N) is 1. The number of piperidine rings is 1. The molecule has 0 amide bonds. The minimum Gasteiger partial charge on any atom is -0.313 e. The van der Waals surface area contributed by atoms with Crippen LogP contribution in [0.15, 0.2) is 0 Å². The van der Waals surface area contributed by atoms with Crippen LogP contribution in [-0.2, 0) is 0 Å². The van der Waals surface area contributed by atoms with Crippen molar-refractivity contribution in [1.82, 2.24) is 10.2 Å². The van der Waals surface area contributed by atoms with Gasteiger partial charge in [-0.05, 0) is 63.6 Å². The quantitative estimate of drug-likeness (QED) is 0.739. The molecule has 0 aromatic rings. The Balaban J connectivity index is 1.91. The predicted molar refractivity (Wildman–Crippen MR) is 92.8 cm³/mol. The largest absolute Gasteiger partial charge is 0.313 e. The van der Waals surface area contributed by atoms with Crippen LogP contribution in [0.4, 0.5) is 0 Å². The fourth-order valence-corrected chi connectivity index (χ4v) is 4.93. The van der Waals surface area contributed by atoms with Crippen molar-refractivity contribution in [1.29, 1.82) is 0 Å². The molecule has 2 fully saturated rings. The van der Waals surface area contributed by atoms with Gasteiger partial charge in [-0.2, -0.15) is 0 Å². The minimum absolute atomic E-state index is 0.699. The van der Waals surface area contributed by atoms with Crippen LogP contribution in [0.2, 0.25) is 0 Å². The second-order valence-electron chi connectivity index (χ2n) is 7.53. The summed E-state index contributed by atoms with van der Waals surface area (Å²) in [4.78, 5) is 2.82. The van der Waals surface area contributed by atoms with Gasteiger partial charge < -0.3 is 5.32 Å². The highest BCUT2D eigenvalue weighted by molar-refractivity contribution is 4.92. The van der Waals surface area contributed by atoms with Crippen LogP contribution < -0.4 is 5.32 Å². The molecule has 1 aliphatic heterocycles.